The molecule has 1 unspecified atom stereocenters. The van der Waals surface area contributed by atoms with Crippen molar-refractivity contribution in [2.24, 2.45) is 0 Å². The predicted octanol–water partition coefficient (Wildman–Crippen LogP) is 1.54. The summed E-state index contributed by atoms with van der Waals surface area (Å²) in [5.41, 5.74) is 1.51. The van der Waals surface area contributed by atoms with Crippen molar-refractivity contribution in [2.75, 3.05) is 13.1 Å². The summed E-state index contributed by atoms with van der Waals surface area (Å²) in [6.45, 7) is -0.473. The zero-order chi connectivity index (χ0) is 17.5. The number of hydrogen-bond acceptors (Lipinski definition) is 3. The molecule has 1 aliphatic heterocycles. The largest absolute Gasteiger partial charge is 0.471 e. The highest BCUT2D eigenvalue weighted by Crippen LogP contribution is 2.32. The van der Waals surface area contributed by atoms with Gasteiger partial charge in [-0.05, 0) is 17.7 Å². The van der Waals surface area contributed by atoms with Crippen LogP contribution in [0.4, 0.5) is 13.2 Å². The summed E-state index contributed by atoms with van der Waals surface area (Å²) in [5, 5.41) is 2.37. The van der Waals surface area contributed by atoms with Gasteiger partial charge in [0.25, 0.3) is 5.91 Å². The number of nitrogens with zero attached hydrogens (tertiary/aromatic N) is 1. The highest BCUT2D eigenvalue weighted by Gasteiger charge is 2.39. The maximum atomic E-state index is 12.4. The molecule has 9 heteroatoms. The first-order valence-corrected chi connectivity index (χ1v) is 7.04. The van der Waals surface area contributed by atoms with Gasteiger partial charge in [0, 0.05) is 41.7 Å². The number of imide groups is 1. The molecule has 3 amide bonds. The summed E-state index contributed by atoms with van der Waals surface area (Å²) in [4.78, 5) is 38.5. The molecule has 2 heterocycles. The van der Waals surface area contributed by atoms with Crippen LogP contribution in [0.3, 0.4) is 0 Å². The molecule has 0 saturated heterocycles. The van der Waals surface area contributed by atoms with Crippen LogP contribution in [-0.4, -0.2) is 47.4 Å². The summed E-state index contributed by atoms with van der Waals surface area (Å²) in [6, 6.07) is 4.91. The molecule has 0 fully saturated rings. The molecule has 3 rings (SSSR count). The fourth-order valence-corrected chi connectivity index (χ4v) is 2.87. The Bertz CT molecular complexity index is 828. The second-order valence-electron chi connectivity index (χ2n) is 5.44. The lowest BCUT2D eigenvalue weighted by Crippen LogP contribution is -2.41. The molecule has 126 valence electrons. The van der Waals surface area contributed by atoms with E-state index in [-0.39, 0.29) is 13.1 Å². The van der Waals surface area contributed by atoms with E-state index in [0.29, 0.717) is 28.4 Å². The van der Waals surface area contributed by atoms with Crippen molar-refractivity contribution in [1.82, 2.24) is 15.2 Å². The van der Waals surface area contributed by atoms with E-state index in [9.17, 15) is 27.6 Å². The number of aromatic amines is 1. The lowest BCUT2D eigenvalue weighted by molar-refractivity contribution is -0.173. The van der Waals surface area contributed by atoms with E-state index in [1.54, 1.807) is 24.4 Å². The van der Waals surface area contributed by atoms with Gasteiger partial charge in [0.15, 0.2) is 0 Å². The molecule has 0 spiro atoms. The van der Waals surface area contributed by atoms with Crippen LogP contribution in [0.1, 0.15) is 21.8 Å². The first-order chi connectivity index (χ1) is 11.3. The quantitative estimate of drug-likeness (QED) is 0.832. The average molecular weight is 339 g/mol. The van der Waals surface area contributed by atoms with Crippen LogP contribution in [0.2, 0.25) is 0 Å². The molecule has 2 N–H and O–H groups in total. The molecule has 0 aliphatic carbocycles. The molecule has 1 atom stereocenters. The van der Waals surface area contributed by atoms with E-state index in [1.165, 1.54) is 0 Å². The summed E-state index contributed by atoms with van der Waals surface area (Å²) < 4.78 is 37.1. The zero-order valence-corrected chi connectivity index (χ0v) is 12.2. The molecule has 1 aromatic heterocycles. The number of carbonyl (C=O) groups is 3. The molecule has 0 saturated carbocycles. The molecule has 6 nitrogen and oxygen atoms in total. The fourth-order valence-electron chi connectivity index (χ4n) is 2.87. The molecule has 24 heavy (non-hydrogen) atoms. The van der Waals surface area contributed by atoms with E-state index in [1.807, 2.05) is 5.32 Å². The van der Waals surface area contributed by atoms with Crippen molar-refractivity contribution >= 4 is 29.1 Å². The number of rotatable bonds is 3. The van der Waals surface area contributed by atoms with E-state index in [2.05, 4.69) is 4.98 Å². The van der Waals surface area contributed by atoms with Crippen LogP contribution in [0.5, 0.6) is 0 Å². The zero-order valence-electron chi connectivity index (χ0n) is 12.2. The van der Waals surface area contributed by atoms with Gasteiger partial charge in [0.2, 0.25) is 6.41 Å². The number of nitrogens with one attached hydrogen (secondary N) is 2. The highest BCUT2D eigenvalue weighted by molar-refractivity contribution is 6.11. The van der Waals surface area contributed by atoms with Gasteiger partial charge in [-0.3, -0.25) is 19.3 Å². The Labute approximate surface area is 133 Å². The van der Waals surface area contributed by atoms with Crippen LogP contribution >= 0.6 is 0 Å². The number of carbonyl (C=O) groups excluding carboxylic acids is 3. The van der Waals surface area contributed by atoms with Crippen LogP contribution in [0, 0.1) is 0 Å². The molecule has 0 bridgehead atoms. The Morgan fingerprint density at radius 3 is 2.83 bits per heavy atom. The first kappa shape index (κ1) is 16.0. The normalized spacial score (nSPS) is 17.7. The predicted molar refractivity (Wildman–Crippen MR) is 77.2 cm³/mol. The monoisotopic (exact) mass is 339 g/mol. The van der Waals surface area contributed by atoms with Crippen molar-refractivity contribution in [2.45, 2.75) is 12.1 Å². The molecular formula is C15H12F3N3O3. The summed E-state index contributed by atoms with van der Waals surface area (Å²) in [7, 11) is 0. The van der Waals surface area contributed by atoms with Gasteiger partial charge in [-0.1, -0.05) is 6.07 Å². The SMILES string of the molecule is O=CN1CC(CNC(=O)C(F)(F)F)c2c[nH]c3cccc(c23)C1=O. The van der Waals surface area contributed by atoms with Gasteiger partial charge in [-0.2, -0.15) is 13.2 Å². The third-order valence-electron chi connectivity index (χ3n) is 3.98. The molecule has 0 radical (unpaired) electrons. The highest BCUT2D eigenvalue weighted by atomic mass is 19.4. The minimum absolute atomic E-state index is 0.123. The lowest BCUT2D eigenvalue weighted by atomic mass is 9.97. The van der Waals surface area contributed by atoms with Crippen molar-refractivity contribution in [3.63, 3.8) is 0 Å². The number of alkyl halides is 3. The van der Waals surface area contributed by atoms with Gasteiger partial charge < -0.3 is 10.3 Å². The number of hydrogen-bond donors (Lipinski definition) is 2. The maximum absolute atomic E-state index is 12.4. The Balaban J connectivity index is 1.99. The molecular weight excluding hydrogens is 327 g/mol. The second kappa shape index (κ2) is 5.66. The van der Waals surface area contributed by atoms with Crippen LogP contribution in [0.15, 0.2) is 24.4 Å². The number of H-pyrrole nitrogens is 1. The van der Waals surface area contributed by atoms with Crippen molar-refractivity contribution in [3.8, 4) is 0 Å². The smallest absolute Gasteiger partial charge is 0.361 e. The second-order valence-corrected chi connectivity index (χ2v) is 5.44. The number of benzene rings is 1. The van der Waals surface area contributed by atoms with Gasteiger partial charge in [-0.15, -0.1) is 0 Å². The van der Waals surface area contributed by atoms with Crippen molar-refractivity contribution in [3.05, 3.63) is 35.5 Å². The Hall–Kier alpha value is -2.84. The third kappa shape index (κ3) is 2.61. The van der Waals surface area contributed by atoms with E-state index in [4.69, 9.17) is 0 Å². The Kier molecular flexibility index (Phi) is 3.78. The van der Waals surface area contributed by atoms with Crippen molar-refractivity contribution in [1.29, 1.82) is 0 Å². The minimum atomic E-state index is -4.99. The van der Waals surface area contributed by atoms with Crippen LogP contribution in [0.25, 0.3) is 10.9 Å². The number of aromatic nitrogens is 1. The molecule has 1 aliphatic rings. The number of halogens is 3. The standard InChI is InChI=1S/C15H12F3N3O3/c16-15(17,18)14(24)20-4-8-6-21(7-22)13(23)9-2-1-3-11-12(9)10(8)5-19-11/h1-3,5,7-8,19H,4,6H2,(H,20,24). The van der Waals surface area contributed by atoms with Gasteiger partial charge >= 0.3 is 12.1 Å². The van der Waals surface area contributed by atoms with E-state index >= 15 is 0 Å². The summed E-state index contributed by atoms with van der Waals surface area (Å²) in [5.74, 6) is -3.24. The van der Waals surface area contributed by atoms with E-state index < -0.39 is 23.9 Å². The minimum Gasteiger partial charge on any atom is -0.361 e. The average Bonchev–Trinajstić information content (AvgIpc) is 2.92. The third-order valence-corrected chi connectivity index (χ3v) is 3.98. The van der Waals surface area contributed by atoms with Gasteiger partial charge in [-0.25, -0.2) is 0 Å². The maximum Gasteiger partial charge on any atom is 0.471 e. The lowest BCUT2D eigenvalue weighted by Gasteiger charge is -2.20. The van der Waals surface area contributed by atoms with Gasteiger partial charge in [0.05, 0.1) is 0 Å². The Morgan fingerprint density at radius 2 is 2.17 bits per heavy atom. The van der Waals surface area contributed by atoms with Gasteiger partial charge in [0.1, 0.15) is 0 Å². The molecule has 2 aromatic rings. The number of amides is 3. The van der Waals surface area contributed by atoms with Crippen molar-refractivity contribution < 1.29 is 27.6 Å². The summed E-state index contributed by atoms with van der Waals surface area (Å²) >= 11 is 0. The molecule has 1 aromatic carbocycles. The topological polar surface area (TPSA) is 82.3 Å². The van der Waals surface area contributed by atoms with E-state index in [0.717, 1.165) is 4.90 Å². The Morgan fingerprint density at radius 1 is 1.42 bits per heavy atom. The summed E-state index contributed by atoms with van der Waals surface area (Å²) in [6.07, 6.45) is -3.06. The van der Waals surface area contributed by atoms with Crippen LogP contribution < -0.4 is 5.32 Å². The first-order valence-electron chi connectivity index (χ1n) is 7.04. The fraction of sp³-hybridized carbons (Fsp3) is 0.267. The van der Waals surface area contributed by atoms with Crippen LogP contribution in [-0.2, 0) is 9.59 Å².